The Morgan fingerprint density at radius 1 is 1.26 bits per heavy atom. The van der Waals surface area contributed by atoms with Crippen molar-refractivity contribution in [3.63, 3.8) is 0 Å². The minimum absolute atomic E-state index is 0.109. The second-order valence-corrected chi connectivity index (χ2v) is 5.31. The molecule has 1 N–H and O–H groups in total. The number of carbonyl (C=O) groups excluding carboxylic acids is 2. The molecule has 1 fully saturated rings. The number of benzene rings is 1. The van der Waals surface area contributed by atoms with E-state index in [2.05, 4.69) is 16.8 Å². The summed E-state index contributed by atoms with van der Waals surface area (Å²) in [6, 6.07) is 7.85. The summed E-state index contributed by atoms with van der Waals surface area (Å²) in [5.41, 5.74) is 1.03. The molecular weight excluding hydrogens is 294 g/mol. The molecule has 6 nitrogen and oxygen atoms in total. The van der Waals surface area contributed by atoms with Crippen molar-refractivity contribution >= 4 is 17.5 Å². The molecule has 0 saturated carbocycles. The highest BCUT2D eigenvalue weighted by Gasteiger charge is 2.23. The van der Waals surface area contributed by atoms with Crippen molar-refractivity contribution in [2.45, 2.75) is 6.42 Å². The van der Waals surface area contributed by atoms with Gasteiger partial charge in [-0.05, 0) is 12.1 Å². The second-order valence-electron chi connectivity index (χ2n) is 5.31. The fourth-order valence-corrected chi connectivity index (χ4v) is 2.59. The van der Waals surface area contributed by atoms with E-state index < -0.39 is 0 Å². The highest BCUT2D eigenvalue weighted by atomic mass is 16.5. The van der Waals surface area contributed by atoms with Crippen LogP contribution >= 0.6 is 0 Å². The molecule has 6 heteroatoms. The highest BCUT2D eigenvalue weighted by Crippen LogP contribution is 2.28. The molecule has 124 valence electrons. The Balaban J connectivity index is 1.87. The zero-order chi connectivity index (χ0) is 16.7. The Morgan fingerprint density at radius 3 is 2.61 bits per heavy atom. The van der Waals surface area contributed by atoms with E-state index >= 15 is 0 Å². The van der Waals surface area contributed by atoms with Crippen LogP contribution in [0.3, 0.4) is 0 Å². The first-order valence-corrected chi connectivity index (χ1v) is 7.69. The number of hydrogen-bond donors (Lipinski definition) is 1. The SMILES string of the molecule is C=CCNC(=O)CC(=O)N1CCN(c2ccccc2OC)CC1. The van der Waals surface area contributed by atoms with Gasteiger partial charge < -0.3 is 19.9 Å². The molecule has 0 bridgehead atoms. The highest BCUT2D eigenvalue weighted by molar-refractivity contribution is 5.97. The summed E-state index contributed by atoms with van der Waals surface area (Å²) in [7, 11) is 1.65. The van der Waals surface area contributed by atoms with Gasteiger partial charge in [-0.2, -0.15) is 0 Å². The predicted molar refractivity (Wildman–Crippen MR) is 89.6 cm³/mol. The maximum absolute atomic E-state index is 12.1. The topological polar surface area (TPSA) is 61.9 Å². The van der Waals surface area contributed by atoms with Gasteiger partial charge >= 0.3 is 0 Å². The molecule has 1 saturated heterocycles. The molecule has 0 atom stereocenters. The monoisotopic (exact) mass is 317 g/mol. The minimum atomic E-state index is -0.262. The first kappa shape index (κ1) is 16.9. The molecule has 0 aliphatic carbocycles. The van der Waals surface area contributed by atoms with Gasteiger partial charge in [-0.1, -0.05) is 18.2 Å². The number of ether oxygens (including phenoxy) is 1. The zero-order valence-electron chi connectivity index (χ0n) is 13.5. The third kappa shape index (κ3) is 4.48. The van der Waals surface area contributed by atoms with Gasteiger partial charge in [0.15, 0.2) is 0 Å². The Morgan fingerprint density at radius 2 is 1.96 bits per heavy atom. The van der Waals surface area contributed by atoms with Crippen LogP contribution in [0.5, 0.6) is 5.75 Å². The van der Waals surface area contributed by atoms with Gasteiger partial charge in [0.05, 0.1) is 12.8 Å². The molecule has 23 heavy (non-hydrogen) atoms. The number of anilines is 1. The van der Waals surface area contributed by atoms with Crippen LogP contribution in [0.4, 0.5) is 5.69 Å². The molecule has 0 aromatic heterocycles. The van der Waals surface area contributed by atoms with Gasteiger partial charge in [-0.3, -0.25) is 9.59 Å². The first-order chi connectivity index (χ1) is 11.2. The molecule has 2 rings (SSSR count). The van der Waals surface area contributed by atoms with Crippen molar-refractivity contribution in [2.75, 3.05) is 44.7 Å². The summed E-state index contributed by atoms with van der Waals surface area (Å²) in [6.45, 7) is 6.56. The van der Waals surface area contributed by atoms with Crippen molar-refractivity contribution in [1.82, 2.24) is 10.2 Å². The van der Waals surface area contributed by atoms with Crippen LogP contribution in [0.15, 0.2) is 36.9 Å². The Labute approximate surface area is 136 Å². The van der Waals surface area contributed by atoms with Crippen molar-refractivity contribution in [1.29, 1.82) is 0 Å². The lowest BCUT2D eigenvalue weighted by Gasteiger charge is -2.36. The molecule has 1 aromatic carbocycles. The van der Waals surface area contributed by atoms with E-state index in [1.54, 1.807) is 18.1 Å². The number of para-hydroxylation sites is 2. The normalized spacial score (nSPS) is 14.3. The average molecular weight is 317 g/mol. The number of hydrogen-bond acceptors (Lipinski definition) is 4. The summed E-state index contributed by atoms with van der Waals surface area (Å²) in [5, 5.41) is 2.62. The van der Waals surface area contributed by atoms with Crippen LogP contribution in [0.25, 0.3) is 0 Å². The maximum atomic E-state index is 12.1. The molecule has 0 radical (unpaired) electrons. The van der Waals surface area contributed by atoms with Crippen LogP contribution < -0.4 is 15.0 Å². The van der Waals surface area contributed by atoms with Crippen LogP contribution in [0.1, 0.15) is 6.42 Å². The number of nitrogens with zero attached hydrogens (tertiary/aromatic N) is 2. The summed E-state index contributed by atoms with van der Waals surface area (Å²) >= 11 is 0. The van der Waals surface area contributed by atoms with Crippen LogP contribution in [-0.4, -0.2) is 56.5 Å². The van der Waals surface area contributed by atoms with Gasteiger partial charge in [0.25, 0.3) is 0 Å². The summed E-state index contributed by atoms with van der Waals surface area (Å²) in [5.74, 6) is 0.435. The van der Waals surface area contributed by atoms with Crippen molar-refractivity contribution in [3.8, 4) is 5.75 Å². The fourth-order valence-electron chi connectivity index (χ4n) is 2.59. The molecule has 1 heterocycles. The molecule has 1 aliphatic heterocycles. The number of methoxy groups -OCH3 is 1. The lowest BCUT2D eigenvalue weighted by Crippen LogP contribution is -2.49. The summed E-state index contributed by atoms with van der Waals surface area (Å²) < 4.78 is 5.38. The third-order valence-corrected chi connectivity index (χ3v) is 3.81. The maximum Gasteiger partial charge on any atom is 0.232 e. The van der Waals surface area contributed by atoms with E-state index in [1.165, 1.54) is 0 Å². The first-order valence-electron chi connectivity index (χ1n) is 7.69. The van der Waals surface area contributed by atoms with Gasteiger partial charge in [0.2, 0.25) is 11.8 Å². The Hall–Kier alpha value is -2.50. The minimum Gasteiger partial charge on any atom is -0.495 e. The Bertz CT molecular complexity index is 566. The number of rotatable bonds is 6. The van der Waals surface area contributed by atoms with E-state index in [0.717, 1.165) is 24.5 Å². The van der Waals surface area contributed by atoms with Crippen molar-refractivity contribution in [2.24, 2.45) is 0 Å². The van der Waals surface area contributed by atoms with Gasteiger partial charge in [-0.15, -0.1) is 6.58 Å². The number of nitrogens with one attached hydrogen (secondary N) is 1. The largest absolute Gasteiger partial charge is 0.495 e. The van der Waals surface area contributed by atoms with Crippen LogP contribution in [0.2, 0.25) is 0 Å². The quantitative estimate of drug-likeness (QED) is 0.629. The van der Waals surface area contributed by atoms with E-state index in [9.17, 15) is 9.59 Å². The molecule has 0 unspecified atom stereocenters. The van der Waals surface area contributed by atoms with E-state index in [1.807, 2.05) is 24.3 Å². The smallest absolute Gasteiger partial charge is 0.232 e. The van der Waals surface area contributed by atoms with E-state index in [4.69, 9.17) is 4.74 Å². The van der Waals surface area contributed by atoms with Crippen LogP contribution in [0, 0.1) is 0 Å². The number of amides is 2. The molecular formula is C17H23N3O3. The van der Waals surface area contributed by atoms with Gasteiger partial charge in [0.1, 0.15) is 12.2 Å². The molecule has 2 amide bonds. The van der Waals surface area contributed by atoms with Gasteiger partial charge in [0, 0.05) is 32.7 Å². The second kappa shape index (κ2) is 8.22. The van der Waals surface area contributed by atoms with Gasteiger partial charge in [-0.25, -0.2) is 0 Å². The predicted octanol–water partition coefficient (Wildman–Crippen LogP) is 1.04. The molecule has 1 aromatic rings. The fraction of sp³-hybridized carbons (Fsp3) is 0.412. The lowest BCUT2D eigenvalue weighted by molar-refractivity contribution is -0.136. The number of carbonyl (C=O) groups is 2. The van der Waals surface area contributed by atoms with E-state index in [-0.39, 0.29) is 18.2 Å². The van der Waals surface area contributed by atoms with E-state index in [0.29, 0.717) is 19.6 Å². The van der Waals surface area contributed by atoms with Crippen molar-refractivity contribution < 1.29 is 14.3 Å². The third-order valence-electron chi connectivity index (χ3n) is 3.81. The average Bonchev–Trinajstić information content (AvgIpc) is 2.60. The van der Waals surface area contributed by atoms with Crippen LogP contribution in [-0.2, 0) is 9.59 Å². The molecule has 1 aliphatic rings. The lowest BCUT2D eigenvalue weighted by atomic mass is 10.2. The summed E-state index contributed by atoms with van der Waals surface area (Å²) in [6.07, 6.45) is 1.48. The standard InChI is InChI=1S/C17H23N3O3/c1-3-8-18-16(21)13-17(22)20-11-9-19(10-12-20)14-6-4-5-7-15(14)23-2/h3-7H,1,8-13H2,2H3,(H,18,21). The van der Waals surface area contributed by atoms with Crippen molar-refractivity contribution in [3.05, 3.63) is 36.9 Å². The molecule has 0 spiro atoms. The zero-order valence-corrected chi connectivity index (χ0v) is 13.5. The number of piperazine rings is 1. The Kier molecular flexibility index (Phi) is 6.02. The summed E-state index contributed by atoms with van der Waals surface area (Å²) in [4.78, 5) is 27.7.